The Kier molecular flexibility index (Phi) is 3.37. The summed E-state index contributed by atoms with van der Waals surface area (Å²) in [6.07, 6.45) is 3.21. The average molecular weight is 261 g/mol. The number of anilines is 3. The van der Waals surface area contributed by atoms with Crippen LogP contribution in [0, 0.1) is 0 Å². The van der Waals surface area contributed by atoms with Gasteiger partial charge in [-0.3, -0.25) is 4.68 Å². The van der Waals surface area contributed by atoms with E-state index in [0.29, 0.717) is 11.5 Å². The van der Waals surface area contributed by atoms with Crippen molar-refractivity contribution < 1.29 is 9.90 Å². The Labute approximate surface area is 110 Å². The van der Waals surface area contributed by atoms with E-state index in [9.17, 15) is 4.79 Å². The van der Waals surface area contributed by atoms with Crippen LogP contribution >= 0.6 is 0 Å². The number of nitrogens with two attached hydrogens (primary N) is 1. The van der Waals surface area contributed by atoms with E-state index in [1.54, 1.807) is 10.7 Å². The zero-order valence-corrected chi connectivity index (χ0v) is 10.7. The maximum atomic E-state index is 11.1. The number of aromatic nitrogens is 3. The van der Waals surface area contributed by atoms with Crippen molar-refractivity contribution in [1.29, 1.82) is 0 Å². The van der Waals surface area contributed by atoms with E-state index >= 15 is 0 Å². The largest absolute Gasteiger partial charge is 0.478 e. The molecule has 0 saturated heterocycles. The van der Waals surface area contributed by atoms with Gasteiger partial charge in [-0.25, -0.2) is 9.78 Å². The van der Waals surface area contributed by atoms with Gasteiger partial charge in [-0.05, 0) is 19.9 Å². The van der Waals surface area contributed by atoms with Gasteiger partial charge in [-0.1, -0.05) is 0 Å². The van der Waals surface area contributed by atoms with Crippen LogP contribution in [-0.4, -0.2) is 25.8 Å². The van der Waals surface area contributed by atoms with Crippen LogP contribution in [0.15, 0.2) is 24.5 Å². The molecule has 7 heteroatoms. The van der Waals surface area contributed by atoms with Gasteiger partial charge in [-0.15, -0.1) is 0 Å². The molecule has 0 amide bonds. The van der Waals surface area contributed by atoms with Crippen molar-refractivity contribution in [3.8, 4) is 0 Å². The smallest absolute Gasteiger partial charge is 0.339 e. The van der Waals surface area contributed by atoms with Crippen LogP contribution in [0.4, 0.5) is 17.3 Å². The molecular formula is C12H15N5O2. The summed E-state index contributed by atoms with van der Waals surface area (Å²) in [7, 11) is 0. The zero-order valence-electron chi connectivity index (χ0n) is 10.7. The van der Waals surface area contributed by atoms with Gasteiger partial charge in [0.05, 0.1) is 11.9 Å². The van der Waals surface area contributed by atoms with Crippen LogP contribution in [0.5, 0.6) is 0 Å². The summed E-state index contributed by atoms with van der Waals surface area (Å²) >= 11 is 0. The molecule has 0 aliphatic carbocycles. The van der Waals surface area contributed by atoms with Crippen molar-refractivity contribution in [2.75, 3.05) is 11.1 Å². The van der Waals surface area contributed by atoms with Crippen molar-refractivity contribution in [3.63, 3.8) is 0 Å². The molecule has 0 spiro atoms. The second kappa shape index (κ2) is 4.97. The van der Waals surface area contributed by atoms with E-state index in [1.165, 1.54) is 12.3 Å². The number of carboxylic acids is 1. The lowest BCUT2D eigenvalue weighted by molar-refractivity contribution is 0.0697. The Balaban J connectivity index is 2.29. The molecular weight excluding hydrogens is 246 g/mol. The quantitative estimate of drug-likeness (QED) is 0.775. The highest BCUT2D eigenvalue weighted by Crippen LogP contribution is 2.20. The van der Waals surface area contributed by atoms with E-state index in [4.69, 9.17) is 10.8 Å². The first-order valence-corrected chi connectivity index (χ1v) is 5.78. The Morgan fingerprint density at radius 3 is 2.84 bits per heavy atom. The third-order valence-electron chi connectivity index (χ3n) is 2.52. The van der Waals surface area contributed by atoms with Gasteiger partial charge in [0.25, 0.3) is 0 Å². The van der Waals surface area contributed by atoms with Crippen LogP contribution in [0.25, 0.3) is 0 Å². The lowest BCUT2D eigenvalue weighted by Gasteiger charge is -2.07. The van der Waals surface area contributed by atoms with Gasteiger partial charge in [0.2, 0.25) is 0 Å². The Hall–Kier alpha value is -2.57. The molecule has 2 aromatic rings. The number of aromatic carboxylic acids is 1. The fraction of sp³-hybridized carbons (Fsp3) is 0.250. The number of nitrogens with zero attached hydrogens (tertiary/aromatic N) is 3. The average Bonchev–Trinajstić information content (AvgIpc) is 2.80. The molecule has 4 N–H and O–H groups in total. The first-order chi connectivity index (χ1) is 8.97. The molecule has 19 heavy (non-hydrogen) atoms. The summed E-state index contributed by atoms with van der Waals surface area (Å²) in [4.78, 5) is 15.1. The molecule has 7 nitrogen and oxygen atoms in total. The van der Waals surface area contributed by atoms with Crippen molar-refractivity contribution in [1.82, 2.24) is 14.8 Å². The predicted octanol–water partition coefficient (Wildman–Crippen LogP) is 1.88. The SMILES string of the molecule is CC(C)n1ccc(Nc2ncc(N)cc2C(=O)O)n1. The third kappa shape index (κ3) is 2.82. The summed E-state index contributed by atoms with van der Waals surface area (Å²) in [5, 5.41) is 16.2. The number of hydrogen-bond acceptors (Lipinski definition) is 5. The van der Waals surface area contributed by atoms with E-state index in [-0.39, 0.29) is 17.4 Å². The molecule has 0 bridgehead atoms. The number of carboxylic acid groups (broad SMARTS) is 1. The third-order valence-corrected chi connectivity index (χ3v) is 2.52. The van der Waals surface area contributed by atoms with Crippen molar-refractivity contribution in [2.45, 2.75) is 19.9 Å². The number of pyridine rings is 1. The Morgan fingerprint density at radius 2 is 2.26 bits per heavy atom. The number of nitrogen functional groups attached to an aromatic ring is 1. The molecule has 0 atom stereocenters. The monoisotopic (exact) mass is 261 g/mol. The molecule has 0 aliphatic rings. The zero-order chi connectivity index (χ0) is 14.0. The molecule has 2 heterocycles. The number of rotatable bonds is 4. The lowest BCUT2D eigenvalue weighted by Crippen LogP contribution is -2.07. The molecule has 2 aromatic heterocycles. The van der Waals surface area contributed by atoms with Crippen molar-refractivity contribution in [2.24, 2.45) is 0 Å². The van der Waals surface area contributed by atoms with Crippen LogP contribution in [0.3, 0.4) is 0 Å². The second-order valence-corrected chi connectivity index (χ2v) is 4.37. The molecule has 0 saturated carbocycles. The van der Waals surface area contributed by atoms with Gasteiger partial charge >= 0.3 is 5.97 Å². The van der Waals surface area contributed by atoms with Gasteiger partial charge in [-0.2, -0.15) is 5.10 Å². The van der Waals surface area contributed by atoms with E-state index in [2.05, 4.69) is 15.4 Å². The van der Waals surface area contributed by atoms with Crippen LogP contribution in [0.1, 0.15) is 30.2 Å². The first kappa shape index (κ1) is 12.9. The van der Waals surface area contributed by atoms with Crippen LogP contribution < -0.4 is 11.1 Å². The van der Waals surface area contributed by atoms with Crippen molar-refractivity contribution in [3.05, 3.63) is 30.1 Å². The number of nitrogens with one attached hydrogen (secondary N) is 1. The highest BCUT2D eigenvalue weighted by atomic mass is 16.4. The maximum absolute atomic E-state index is 11.1. The molecule has 2 rings (SSSR count). The number of carbonyl (C=O) groups is 1. The first-order valence-electron chi connectivity index (χ1n) is 5.78. The summed E-state index contributed by atoms with van der Waals surface area (Å²) in [6, 6.07) is 3.34. The molecule has 0 aliphatic heterocycles. The standard InChI is InChI=1S/C12H15N5O2/c1-7(2)17-4-3-10(16-17)15-11-9(12(18)19)5-8(13)6-14-11/h3-7H,13H2,1-2H3,(H,18,19)(H,14,15,16). The minimum absolute atomic E-state index is 0.0131. The molecule has 0 fully saturated rings. The molecule has 100 valence electrons. The molecule has 0 radical (unpaired) electrons. The van der Waals surface area contributed by atoms with Gasteiger partial charge in [0.15, 0.2) is 5.82 Å². The van der Waals surface area contributed by atoms with Gasteiger partial charge in [0.1, 0.15) is 11.4 Å². The van der Waals surface area contributed by atoms with E-state index < -0.39 is 5.97 Å². The van der Waals surface area contributed by atoms with E-state index in [0.717, 1.165) is 0 Å². The topological polar surface area (TPSA) is 106 Å². The highest BCUT2D eigenvalue weighted by molar-refractivity contribution is 5.94. The normalized spacial score (nSPS) is 10.7. The maximum Gasteiger partial charge on any atom is 0.339 e. The van der Waals surface area contributed by atoms with E-state index in [1.807, 2.05) is 20.0 Å². The van der Waals surface area contributed by atoms with Crippen molar-refractivity contribution >= 4 is 23.3 Å². The Morgan fingerprint density at radius 1 is 1.53 bits per heavy atom. The van der Waals surface area contributed by atoms with Gasteiger partial charge < -0.3 is 16.2 Å². The number of hydrogen-bond donors (Lipinski definition) is 3. The fourth-order valence-electron chi connectivity index (χ4n) is 1.56. The van der Waals surface area contributed by atoms with Gasteiger partial charge in [0, 0.05) is 18.3 Å². The minimum Gasteiger partial charge on any atom is -0.478 e. The predicted molar refractivity (Wildman–Crippen MR) is 71.5 cm³/mol. The molecule has 0 aromatic carbocycles. The molecule has 0 unspecified atom stereocenters. The van der Waals surface area contributed by atoms with Crippen LogP contribution in [-0.2, 0) is 0 Å². The summed E-state index contributed by atoms with van der Waals surface area (Å²) < 4.78 is 1.76. The summed E-state index contributed by atoms with van der Waals surface area (Å²) in [6.45, 7) is 4.00. The van der Waals surface area contributed by atoms with Crippen LogP contribution in [0.2, 0.25) is 0 Å². The fourth-order valence-corrected chi connectivity index (χ4v) is 1.56. The Bertz CT molecular complexity index is 606. The second-order valence-electron chi connectivity index (χ2n) is 4.37. The lowest BCUT2D eigenvalue weighted by atomic mass is 10.2. The summed E-state index contributed by atoms with van der Waals surface area (Å²) in [5.74, 6) is -0.338. The highest BCUT2D eigenvalue weighted by Gasteiger charge is 2.13. The minimum atomic E-state index is -1.09. The summed E-state index contributed by atoms with van der Waals surface area (Å²) in [5.41, 5.74) is 5.84.